The second-order valence-electron chi connectivity index (χ2n) is 4.96. The van der Waals surface area contributed by atoms with Crippen molar-refractivity contribution >= 4 is 5.76 Å². The van der Waals surface area contributed by atoms with E-state index >= 15 is 0 Å². The number of benzene rings is 1. The van der Waals surface area contributed by atoms with Gasteiger partial charge in [-0.15, -0.1) is 0 Å². The number of allylic oxidation sites excluding steroid dienone is 1. The minimum Gasteiger partial charge on any atom is -0.508 e. The number of para-hydroxylation sites is 1. The first kappa shape index (κ1) is 12.0. The molecule has 1 aliphatic rings. The minimum absolute atomic E-state index is 0.353. The third kappa shape index (κ3) is 2.28. The molecule has 1 aromatic heterocycles. The molecule has 19 heavy (non-hydrogen) atoms. The topological polar surface area (TPSA) is 38.1 Å². The average molecular weight is 254 g/mol. The molecule has 0 amide bonds. The van der Waals surface area contributed by atoms with Crippen LogP contribution in [0.5, 0.6) is 0 Å². The van der Waals surface area contributed by atoms with Gasteiger partial charge >= 0.3 is 0 Å². The lowest BCUT2D eigenvalue weighted by atomic mass is 10.1. The van der Waals surface area contributed by atoms with Crippen LogP contribution in [0.3, 0.4) is 0 Å². The number of aliphatic hydroxyl groups is 1. The lowest BCUT2D eigenvalue weighted by molar-refractivity contribution is 0.508. The maximum Gasteiger partial charge on any atom is 0.122 e. The molecule has 1 N–H and O–H groups in total. The maximum atomic E-state index is 10.1. The van der Waals surface area contributed by atoms with Gasteiger partial charge in [-0.25, -0.2) is 4.68 Å². The zero-order valence-electron chi connectivity index (χ0n) is 11.1. The summed E-state index contributed by atoms with van der Waals surface area (Å²) in [6.45, 7) is 2.02. The molecule has 0 unspecified atom stereocenters. The van der Waals surface area contributed by atoms with E-state index in [1.54, 1.807) is 6.20 Å². The van der Waals surface area contributed by atoms with Gasteiger partial charge in [0.05, 0.1) is 23.1 Å². The second-order valence-corrected chi connectivity index (χ2v) is 4.96. The minimum atomic E-state index is 0.353. The van der Waals surface area contributed by atoms with Crippen LogP contribution in [0.25, 0.3) is 11.4 Å². The Hall–Kier alpha value is -2.03. The summed E-state index contributed by atoms with van der Waals surface area (Å²) in [6.07, 6.45) is 6.82. The van der Waals surface area contributed by atoms with Crippen molar-refractivity contribution in [3.63, 3.8) is 0 Å². The highest BCUT2D eigenvalue weighted by molar-refractivity contribution is 5.62. The summed E-state index contributed by atoms with van der Waals surface area (Å²) >= 11 is 0. The van der Waals surface area contributed by atoms with E-state index in [4.69, 9.17) is 0 Å². The molecular formula is C16H18N2O. The lowest BCUT2D eigenvalue weighted by Gasteiger charge is -2.08. The Bertz CT molecular complexity index is 594. The molecule has 3 rings (SSSR count). The molecule has 0 spiro atoms. The molecule has 1 aliphatic carbocycles. The zero-order valence-corrected chi connectivity index (χ0v) is 11.1. The van der Waals surface area contributed by atoms with E-state index in [9.17, 15) is 5.11 Å². The predicted molar refractivity (Wildman–Crippen MR) is 76.4 cm³/mol. The van der Waals surface area contributed by atoms with E-state index in [1.807, 2.05) is 48.0 Å². The molecular weight excluding hydrogens is 236 g/mol. The number of aromatic nitrogens is 2. The summed E-state index contributed by atoms with van der Waals surface area (Å²) in [6, 6.07) is 10.1. The molecule has 3 nitrogen and oxygen atoms in total. The van der Waals surface area contributed by atoms with Gasteiger partial charge in [-0.3, -0.25) is 0 Å². The van der Waals surface area contributed by atoms with E-state index < -0.39 is 0 Å². The first-order valence-corrected chi connectivity index (χ1v) is 6.84. The molecule has 0 aliphatic heterocycles. The first-order valence-electron chi connectivity index (χ1n) is 6.84. The molecule has 1 saturated carbocycles. The molecule has 0 radical (unpaired) electrons. The molecule has 0 bridgehead atoms. The van der Waals surface area contributed by atoms with Crippen molar-refractivity contribution in [3.8, 4) is 5.69 Å². The Balaban J connectivity index is 2.09. The fraction of sp³-hybridized carbons (Fsp3) is 0.312. The van der Waals surface area contributed by atoms with E-state index in [2.05, 4.69) is 5.10 Å². The van der Waals surface area contributed by atoms with Gasteiger partial charge in [-0.2, -0.15) is 5.10 Å². The summed E-state index contributed by atoms with van der Waals surface area (Å²) in [7, 11) is 0. The van der Waals surface area contributed by atoms with Crippen molar-refractivity contribution in [3.05, 3.63) is 53.9 Å². The predicted octanol–water partition coefficient (Wildman–Crippen LogP) is 4.06. The molecule has 98 valence electrons. The van der Waals surface area contributed by atoms with Crippen molar-refractivity contribution in [2.45, 2.75) is 32.1 Å². The summed E-state index contributed by atoms with van der Waals surface area (Å²) in [4.78, 5) is 0. The largest absolute Gasteiger partial charge is 0.508 e. The number of nitrogens with zero attached hydrogens (tertiary/aromatic N) is 2. The number of hydrogen-bond donors (Lipinski definition) is 1. The summed E-state index contributed by atoms with van der Waals surface area (Å²) in [5.41, 5.74) is 3.08. The molecule has 0 saturated heterocycles. The third-order valence-corrected chi connectivity index (χ3v) is 3.44. The van der Waals surface area contributed by atoms with Crippen molar-refractivity contribution in [1.82, 2.24) is 9.78 Å². The van der Waals surface area contributed by atoms with Crippen LogP contribution in [-0.4, -0.2) is 14.9 Å². The molecule has 3 heteroatoms. The van der Waals surface area contributed by atoms with E-state index in [0.717, 1.165) is 23.4 Å². The third-order valence-electron chi connectivity index (χ3n) is 3.44. The van der Waals surface area contributed by atoms with Crippen LogP contribution in [-0.2, 0) is 0 Å². The quantitative estimate of drug-likeness (QED) is 0.835. The highest BCUT2D eigenvalue weighted by atomic mass is 16.3. The van der Waals surface area contributed by atoms with Crippen molar-refractivity contribution < 1.29 is 5.11 Å². The van der Waals surface area contributed by atoms with E-state index in [-0.39, 0.29) is 0 Å². The van der Waals surface area contributed by atoms with Crippen LogP contribution in [0, 0.1) is 0 Å². The highest BCUT2D eigenvalue weighted by Gasteiger charge is 2.31. The SMILES string of the molecule is CC/C=C(\O)c1cnn(-c2ccccc2)c1C1CC1. The average Bonchev–Trinajstić information content (AvgIpc) is 3.18. The standard InChI is InChI=1S/C16H18N2O/c1-2-6-15(19)14-11-17-18(16(14)12-9-10-12)13-7-4-3-5-8-13/h3-8,11-12,19H,2,9-10H2,1H3/b15-6-. The second kappa shape index (κ2) is 4.92. The Morgan fingerprint density at radius 1 is 1.37 bits per heavy atom. The van der Waals surface area contributed by atoms with Gasteiger partial charge in [0.25, 0.3) is 0 Å². The van der Waals surface area contributed by atoms with Crippen LogP contribution in [0.4, 0.5) is 0 Å². The summed E-state index contributed by atoms with van der Waals surface area (Å²) in [5, 5.41) is 14.6. The summed E-state index contributed by atoms with van der Waals surface area (Å²) in [5.74, 6) is 0.886. The normalized spacial score (nSPS) is 15.7. The van der Waals surface area contributed by atoms with Crippen LogP contribution >= 0.6 is 0 Å². The van der Waals surface area contributed by atoms with Gasteiger partial charge in [0, 0.05) is 5.92 Å². The van der Waals surface area contributed by atoms with Gasteiger partial charge in [0.1, 0.15) is 5.76 Å². The fourth-order valence-corrected chi connectivity index (χ4v) is 2.38. The lowest BCUT2D eigenvalue weighted by Crippen LogP contribution is -2.02. The smallest absolute Gasteiger partial charge is 0.122 e. The van der Waals surface area contributed by atoms with Crippen molar-refractivity contribution in [2.75, 3.05) is 0 Å². The number of rotatable bonds is 4. The van der Waals surface area contributed by atoms with E-state index in [1.165, 1.54) is 12.8 Å². The summed E-state index contributed by atoms with van der Waals surface area (Å²) < 4.78 is 1.96. The zero-order chi connectivity index (χ0) is 13.2. The maximum absolute atomic E-state index is 10.1. The molecule has 1 aromatic carbocycles. The Labute approximate surface area is 113 Å². The van der Waals surface area contributed by atoms with Crippen LogP contribution < -0.4 is 0 Å². The van der Waals surface area contributed by atoms with Crippen molar-refractivity contribution in [1.29, 1.82) is 0 Å². The highest BCUT2D eigenvalue weighted by Crippen LogP contribution is 2.43. The monoisotopic (exact) mass is 254 g/mol. The molecule has 1 fully saturated rings. The Morgan fingerprint density at radius 3 is 2.74 bits per heavy atom. The van der Waals surface area contributed by atoms with Crippen molar-refractivity contribution in [2.24, 2.45) is 0 Å². The molecule has 0 atom stereocenters. The van der Waals surface area contributed by atoms with Gasteiger partial charge in [0.15, 0.2) is 0 Å². The van der Waals surface area contributed by atoms with Crippen LogP contribution in [0.15, 0.2) is 42.6 Å². The molecule has 2 aromatic rings. The van der Waals surface area contributed by atoms with Crippen LogP contribution in [0.2, 0.25) is 0 Å². The van der Waals surface area contributed by atoms with Gasteiger partial charge in [-0.05, 0) is 37.5 Å². The Morgan fingerprint density at radius 2 is 2.11 bits per heavy atom. The fourth-order valence-electron chi connectivity index (χ4n) is 2.38. The van der Waals surface area contributed by atoms with E-state index in [0.29, 0.717) is 11.7 Å². The first-order chi connectivity index (χ1) is 9.31. The van der Waals surface area contributed by atoms with Gasteiger partial charge < -0.3 is 5.11 Å². The van der Waals surface area contributed by atoms with Gasteiger partial charge in [0.2, 0.25) is 0 Å². The van der Waals surface area contributed by atoms with Crippen LogP contribution in [0.1, 0.15) is 43.4 Å². The Kier molecular flexibility index (Phi) is 3.11. The number of hydrogen-bond acceptors (Lipinski definition) is 2. The molecule has 1 heterocycles. The number of aliphatic hydroxyl groups excluding tert-OH is 1. The van der Waals surface area contributed by atoms with Gasteiger partial charge in [-0.1, -0.05) is 25.1 Å².